The van der Waals surface area contributed by atoms with Gasteiger partial charge in [-0.15, -0.1) is 0 Å². The highest BCUT2D eigenvalue weighted by Gasteiger charge is 2.32. The van der Waals surface area contributed by atoms with Gasteiger partial charge in [-0.25, -0.2) is 8.42 Å². The number of carbonyl (C=O) groups excluding carboxylic acids is 1. The zero-order valence-electron chi connectivity index (χ0n) is 19.0. The third-order valence-corrected chi connectivity index (χ3v) is 7.93. The van der Waals surface area contributed by atoms with Crippen LogP contribution in [0.4, 0.5) is 0 Å². The molecule has 1 aromatic heterocycles. The minimum Gasteiger partial charge on any atom is -0.349 e. The summed E-state index contributed by atoms with van der Waals surface area (Å²) >= 11 is 0. The van der Waals surface area contributed by atoms with E-state index in [0.717, 1.165) is 12.8 Å². The van der Waals surface area contributed by atoms with Crippen LogP contribution in [0.3, 0.4) is 0 Å². The number of nitrogens with zero attached hydrogens (tertiary/aromatic N) is 2. The van der Waals surface area contributed by atoms with Gasteiger partial charge in [-0.1, -0.05) is 20.8 Å². The third-order valence-electron chi connectivity index (χ3n) is 6.10. The molecule has 8 heteroatoms. The average Bonchev–Trinajstić information content (AvgIpc) is 2.72. The van der Waals surface area contributed by atoms with Crippen molar-refractivity contribution in [3.63, 3.8) is 0 Å². The molecule has 0 saturated carbocycles. The molecule has 0 spiro atoms. The fraction of sp³-hybridized carbons (Fsp3) is 0.565. The molecular weight excluding hydrogens is 414 g/mol. The van der Waals surface area contributed by atoms with Crippen LogP contribution in [-0.4, -0.2) is 42.3 Å². The first-order chi connectivity index (χ1) is 14.6. The summed E-state index contributed by atoms with van der Waals surface area (Å²) in [5.74, 6) is 0.134. The Bertz CT molecular complexity index is 1130. The number of fused-ring (bicyclic) bond motifs is 1. The van der Waals surface area contributed by atoms with Crippen LogP contribution >= 0.6 is 0 Å². The zero-order valence-corrected chi connectivity index (χ0v) is 19.8. The van der Waals surface area contributed by atoms with Crippen LogP contribution in [0.25, 0.3) is 10.9 Å². The monoisotopic (exact) mass is 447 g/mol. The molecule has 1 N–H and O–H groups in total. The standard InChI is InChI=1S/C23H33N3O4S/c1-6-17(5)24-23(28)20-14-25(7-2)21-9-8-18(11-19(21)22(20)27)31(29,30)26-12-15(3)10-16(4)13-26/h8-9,11,14-17H,6-7,10,12-13H2,1-5H3,(H,24,28). The van der Waals surface area contributed by atoms with Gasteiger partial charge in [0.25, 0.3) is 5.91 Å². The quantitative estimate of drug-likeness (QED) is 0.736. The summed E-state index contributed by atoms with van der Waals surface area (Å²) in [5, 5.41) is 3.08. The van der Waals surface area contributed by atoms with Crippen molar-refractivity contribution in [3.8, 4) is 0 Å². The Morgan fingerprint density at radius 3 is 2.42 bits per heavy atom. The van der Waals surface area contributed by atoms with Crippen LogP contribution in [0.2, 0.25) is 0 Å². The Labute approximate surface area is 184 Å². The van der Waals surface area contributed by atoms with E-state index in [0.29, 0.717) is 25.2 Å². The predicted molar refractivity (Wildman–Crippen MR) is 123 cm³/mol. The second kappa shape index (κ2) is 9.12. The zero-order chi connectivity index (χ0) is 22.9. The SMILES string of the molecule is CCC(C)NC(=O)c1cn(CC)c2ccc(S(=O)(=O)N3CC(C)CC(C)C3)cc2c1=O. The van der Waals surface area contributed by atoms with Crippen molar-refractivity contribution in [1.82, 2.24) is 14.2 Å². The minimum absolute atomic E-state index is 0.0319. The summed E-state index contributed by atoms with van der Waals surface area (Å²) in [7, 11) is -3.73. The third kappa shape index (κ3) is 4.70. The Kier molecular flexibility index (Phi) is 6.91. The van der Waals surface area contributed by atoms with Crippen molar-refractivity contribution >= 4 is 26.8 Å². The molecular formula is C23H33N3O4S. The molecule has 7 nitrogen and oxygen atoms in total. The number of carbonyl (C=O) groups is 1. The number of hydrogen-bond donors (Lipinski definition) is 1. The van der Waals surface area contributed by atoms with E-state index in [4.69, 9.17) is 0 Å². The number of piperidine rings is 1. The van der Waals surface area contributed by atoms with Gasteiger partial charge in [0.15, 0.2) is 0 Å². The topological polar surface area (TPSA) is 88.5 Å². The number of benzene rings is 1. The number of aryl methyl sites for hydroxylation is 1. The number of hydrogen-bond acceptors (Lipinski definition) is 4. The number of sulfonamides is 1. The summed E-state index contributed by atoms with van der Waals surface area (Å²) in [5.41, 5.74) is 0.203. The van der Waals surface area contributed by atoms with Gasteiger partial charge in [0.2, 0.25) is 15.5 Å². The van der Waals surface area contributed by atoms with E-state index in [1.807, 2.05) is 25.3 Å². The molecule has 170 valence electrons. The summed E-state index contributed by atoms with van der Waals surface area (Å²) in [6.45, 7) is 11.4. The lowest BCUT2D eigenvalue weighted by Crippen LogP contribution is -2.42. The van der Waals surface area contributed by atoms with Gasteiger partial charge in [-0.2, -0.15) is 4.31 Å². The maximum Gasteiger partial charge on any atom is 0.256 e. The van der Waals surface area contributed by atoms with Gasteiger partial charge < -0.3 is 9.88 Å². The van der Waals surface area contributed by atoms with E-state index >= 15 is 0 Å². The van der Waals surface area contributed by atoms with E-state index in [1.54, 1.807) is 18.3 Å². The lowest BCUT2D eigenvalue weighted by atomic mass is 9.94. The largest absolute Gasteiger partial charge is 0.349 e. The van der Waals surface area contributed by atoms with E-state index < -0.39 is 21.4 Å². The Balaban J connectivity index is 2.11. The van der Waals surface area contributed by atoms with Crippen molar-refractivity contribution in [1.29, 1.82) is 0 Å². The van der Waals surface area contributed by atoms with Crippen LogP contribution in [0.1, 0.15) is 57.8 Å². The van der Waals surface area contributed by atoms with Crippen molar-refractivity contribution in [2.24, 2.45) is 11.8 Å². The van der Waals surface area contributed by atoms with Gasteiger partial charge in [0, 0.05) is 37.3 Å². The van der Waals surface area contributed by atoms with Crippen molar-refractivity contribution < 1.29 is 13.2 Å². The van der Waals surface area contributed by atoms with Gasteiger partial charge in [-0.05, 0) is 56.7 Å². The molecule has 1 fully saturated rings. The first-order valence-corrected chi connectivity index (χ1v) is 12.5. The first-order valence-electron chi connectivity index (χ1n) is 11.1. The van der Waals surface area contributed by atoms with Crippen LogP contribution in [0.5, 0.6) is 0 Å². The summed E-state index contributed by atoms with van der Waals surface area (Å²) < 4.78 is 30.0. The molecule has 1 aliphatic rings. The second-order valence-electron chi connectivity index (χ2n) is 8.89. The molecule has 3 atom stereocenters. The fourth-order valence-electron chi connectivity index (χ4n) is 4.32. The number of nitrogens with one attached hydrogen (secondary N) is 1. The molecule has 2 aromatic rings. The molecule has 3 rings (SSSR count). The van der Waals surface area contributed by atoms with Gasteiger partial charge >= 0.3 is 0 Å². The normalized spacial score (nSPS) is 21.2. The van der Waals surface area contributed by atoms with Gasteiger partial charge in [0.05, 0.1) is 10.4 Å². The number of amides is 1. The Morgan fingerprint density at radius 2 is 1.84 bits per heavy atom. The van der Waals surface area contributed by atoms with Crippen molar-refractivity contribution in [2.45, 2.75) is 64.9 Å². The summed E-state index contributed by atoms with van der Waals surface area (Å²) in [6, 6.07) is 4.60. The summed E-state index contributed by atoms with van der Waals surface area (Å²) in [4.78, 5) is 26.0. The molecule has 2 heterocycles. The van der Waals surface area contributed by atoms with Crippen molar-refractivity contribution in [2.75, 3.05) is 13.1 Å². The predicted octanol–water partition coefficient (Wildman–Crippen LogP) is 3.22. The average molecular weight is 448 g/mol. The van der Waals surface area contributed by atoms with E-state index in [9.17, 15) is 18.0 Å². The lowest BCUT2D eigenvalue weighted by molar-refractivity contribution is 0.0937. The number of aromatic nitrogens is 1. The molecule has 3 unspecified atom stereocenters. The molecule has 31 heavy (non-hydrogen) atoms. The van der Waals surface area contributed by atoms with Crippen LogP contribution < -0.4 is 10.7 Å². The van der Waals surface area contributed by atoms with Gasteiger partial charge in [0.1, 0.15) is 5.56 Å². The summed E-state index contributed by atoms with van der Waals surface area (Å²) in [6.07, 6.45) is 3.31. The number of rotatable bonds is 6. The Hall–Kier alpha value is -2.19. The maximum absolute atomic E-state index is 13.3. The highest BCUT2D eigenvalue weighted by atomic mass is 32.2. The molecule has 1 amide bonds. The fourth-order valence-corrected chi connectivity index (χ4v) is 6.02. The minimum atomic E-state index is -3.73. The van der Waals surface area contributed by atoms with E-state index in [1.165, 1.54) is 10.4 Å². The Morgan fingerprint density at radius 1 is 1.19 bits per heavy atom. The van der Waals surface area contributed by atoms with Crippen LogP contribution in [0.15, 0.2) is 34.1 Å². The molecule has 0 bridgehead atoms. The lowest BCUT2D eigenvalue weighted by Gasteiger charge is -2.34. The molecule has 0 radical (unpaired) electrons. The molecule has 1 aromatic carbocycles. The van der Waals surface area contributed by atoms with Crippen LogP contribution in [-0.2, 0) is 16.6 Å². The smallest absolute Gasteiger partial charge is 0.256 e. The van der Waals surface area contributed by atoms with Crippen molar-refractivity contribution in [3.05, 3.63) is 40.2 Å². The maximum atomic E-state index is 13.3. The van der Waals surface area contributed by atoms with Gasteiger partial charge in [-0.3, -0.25) is 9.59 Å². The molecule has 1 aliphatic heterocycles. The highest BCUT2D eigenvalue weighted by molar-refractivity contribution is 7.89. The van der Waals surface area contributed by atoms with Crippen LogP contribution in [0, 0.1) is 11.8 Å². The molecule has 0 aliphatic carbocycles. The first kappa shape index (κ1) is 23.5. The van der Waals surface area contributed by atoms with E-state index in [-0.39, 0.29) is 33.7 Å². The highest BCUT2D eigenvalue weighted by Crippen LogP contribution is 2.28. The molecule has 1 saturated heterocycles. The second-order valence-corrected chi connectivity index (χ2v) is 10.8. The van der Waals surface area contributed by atoms with E-state index in [2.05, 4.69) is 19.2 Å². The number of pyridine rings is 1.